The standard InChI is InChI=1S/C19H39N5.HI/c1-19(2,3)22-13-12-21-18(20-4)23-16-9-8-14-24(15-16)17-10-6-5-7-11-17;/h16-17,22H,5-15H2,1-4H3,(H2,20,21,23);1H. The van der Waals surface area contributed by atoms with E-state index < -0.39 is 0 Å². The number of hydrogen-bond acceptors (Lipinski definition) is 3. The number of piperidine rings is 1. The zero-order valence-corrected chi connectivity index (χ0v) is 19.1. The molecule has 6 heteroatoms. The third-order valence-electron chi connectivity index (χ3n) is 5.18. The number of halogens is 1. The topological polar surface area (TPSA) is 51.7 Å². The summed E-state index contributed by atoms with van der Waals surface area (Å²) in [5.41, 5.74) is 0.169. The van der Waals surface area contributed by atoms with Crippen molar-refractivity contribution in [2.75, 3.05) is 33.2 Å². The highest BCUT2D eigenvalue weighted by molar-refractivity contribution is 14.0. The van der Waals surface area contributed by atoms with Crippen molar-refractivity contribution in [3.63, 3.8) is 0 Å². The molecular weight excluding hydrogens is 425 g/mol. The molecule has 0 radical (unpaired) electrons. The Morgan fingerprint density at radius 1 is 1.04 bits per heavy atom. The van der Waals surface area contributed by atoms with E-state index in [4.69, 9.17) is 0 Å². The van der Waals surface area contributed by atoms with Crippen molar-refractivity contribution in [1.82, 2.24) is 20.9 Å². The molecule has 1 heterocycles. The summed E-state index contributed by atoms with van der Waals surface area (Å²) in [6.45, 7) is 10.9. The summed E-state index contributed by atoms with van der Waals surface area (Å²) < 4.78 is 0. The predicted molar refractivity (Wildman–Crippen MR) is 119 cm³/mol. The van der Waals surface area contributed by atoms with Crippen molar-refractivity contribution in [2.45, 2.75) is 83.3 Å². The van der Waals surface area contributed by atoms with Crippen molar-refractivity contribution in [3.8, 4) is 0 Å². The van der Waals surface area contributed by atoms with Gasteiger partial charge in [-0.1, -0.05) is 19.3 Å². The third-order valence-corrected chi connectivity index (χ3v) is 5.18. The number of rotatable bonds is 5. The van der Waals surface area contributed by atoms with Crippen molar-refractivity contribution in [3.05, 3.63) is 0 Å². The quantitative estimate of drug-likeness (QED) is 0.253. The maximum Gasteiger partial charge on any atom is 0.191 e. The lowest BCUT2D eigenvalue weighted by Crippen LogP contribution is -2.54. The first-order chi connectivity index (χ1) is 11.5. The molecule has 0 aromatic heterocycles. The zero-order chi connectivity index (χ0) is 17.4. The molecule has 1 unspecified atom stereocenters. The van der Waals surface area contributed by atoms with Gasteiger partial charge in [-0.15, -0.1) is 24.0 Å². The minimum absolute atomic E-state index is 0. The molecule has 1 atom stereocenters. The summed E-state index contributed by atoms with van der Waals surface area (Å²) in [4.78, 5) is 7.13. The summed E-state index contributed by atoms with van der Waals surface area (Å²) in [5, 5.41) is 10.6. The fourth-order valence-electron chi connectivity index (χ4n) is 3.91. The van der Waals surface area contributed by atoms with Crippen LogP contribution in [0.5, 0.6) is 0 Å². The Kier molecular flexibility index (Phi) is 10.6. The second-order valence-electron chi connectivity index (χ2n) is 8.45. The Bertz CT molecular complexity index is 388. The highest BCUT2D eigenvalue weighted by atomic mass is 127. The van der Waals surface area contributed by atoms with E-state index in [1.807, 2.05) is 7.05 Å². The molecule has 5 nitrogen and oxygen atoms in total. The smallest absolute Gasteiger partial charge is 0.191 e. The first-order valence-corrected chi connectivity index (χ1v) is 9.94. The zero-order valence-electron chi connectivity index (χ0n) is 16.7. The molecule has 0 bridgehead atoms. The van der Waals surface area contributed by atoms with Gasteiger partial charge in [-0.25, -0.2) is 0 Å². The minimum atomic E-state index is 0. The second kappa shape index (κ2) is 11.6. The lowest BCUT2D eigenvalue weighted by molar-refractivity contribution is 0.115. The van der Waals surface area contributed by atoms with Crippen LogP contribution in [-0.2, 0) is 0 Å². The van der Waals surface area contributed by atoms with Gasteiger partial charge >= 0.3 is 0 Å². The SMILES string of the molecule is CN=C(NCCNC(C)(C)C)NC1CCCN(C2CCCCC2)C1.I. The highest BCUT2D eigenvalue weighted by Gasteiger charge is 2.27. The summed E-state index contributed by atoms with van der Waals surface area (Å²) >= 11 is 0. The Morgan fingerprint density at radius 2 is 1.76 bits per heavy atom. The molecule has 148 valence electrons. The van der Waals surface area contributed by atoms with Gasteiger partial charge in [0.1, 0.15) is 0 Å². The molecule has 0 amide bonds. The van der Waals surface area contributed by atoms with Crippen LogP contribution in [0.3, 0.4) is 0 Å². The van der Waals surface area contributed by atoms with E-state index >= 15 is 0 Å². The Labute approximate surface area is 172 Å². The molecule has 2 aliphatic rings. The van der Waals surface area contributed by atoms with Crippen LogP contribution >= 0.6 is 24.0 Å². The molecule has 2 rings (SSSR count). The van der Waals surface area contributed by atoms with Crippen LogP contribution in [0.1, 0.15) is 65.7 Å². The Balaban J connectivity index is 0.00000312. The minimum Gasteiger partial charge on any atom is -0.355 e. The van der Waals surface area contributed by atoms with E-state index in [2.05, 4.69) is 46.6 Å². The molecule has 25 heavy (non-hydrogen) atoms. The average molecular weight is 465 g/mol. The van der Waals surface area contributed by atoms with Gasteiger partial charge in [-0.3, -0.25) is 9.89 Å². The average Bonchev–Trinajstić information content (AvgIpc) is 2.58. The number of nitrogens with zero attached hydrogens (tertiary/aromatic N) is 2. The second-order valence-corrected chi connectivity index (χ2v) is 8.45. The number of aliphatic imine (C=N–C) groups is 1. The number of hydrogen-bond donors (Lipinski definition) is 3. The van der Waals surface area contributed by atoms with Gasteiger partial charge < -0.3 is 16.0 Å². The summed E-state index contributed by atoms with van der Waals surface area (Å²) in [6.07, 6.45) is 9.63. The monoisotopic (exact) mass is 465 g/mol. The van der Waals surface area contributed by atoms with E-state index in [1.165, 1.54) is 58.0 Å². The molecule has 1 saturated heterocycles. The molecule has 0 aromatic carbocycles. The number of nitrogens with one attached hydrogen (secondary N) is 3. The van der Waals surface area contributed by atoms with Gasteiger partial charge in [-0.05, 0) is 53.0 Å². The molecule has 2 fully saturated rings. The van der Waals surface area contributed by atoms with E-state index in [0.717, 1.165) is 25.1 Å². The van der Waals surface area contributed by atoms with E-state index in [1.54, 1.807) is 0 Å². The van der Waals surface area contributed by atoms with Crippen LogP contribution in [0.4, 0.5) is 0 Å². The molecule has 1 aliphatic carbocycles. The van der Waals surface area contributed by atoms with Crippen molar-refractivity contribution in [2.24, 2.45) is 4.99 Å². The first-order valence-electron chi connectivity index (χ1n) is 9.94. The highest BCUT2D eigenvalue weighted by Crippen LogP contribution is 2.25. The van der Waals surface area contributed by atoms with Gasteiger partial charge in [0.2, 0.25) is 0 Å². The van der Waals surface area contributed by atoms with Gasteiger partial charge in [-0.2, -0.15) is 0 Å². The van der Waals surface area contributed by atoms with Gasteiger partial charge in [0, 0.05) is 44.3 Å². The van der Waals surface area contributed by atoms with E-state index in [0.29, 0.717) is 6.04 Å². The van der Waals surface area contributed by atoms with Crippen LogP contribution < -0.4 is 16.0 Å². The number of likely N-dealkylation sites (tertiary alicyclic amines) is 1. The first kappa shape index (κ1) is 23.0. The Hall–Kier alpha value is -0.0800. The fourth-order valence-corrected chi connectivity index (χ4v) is 3.91. The summed E-state index contributed by atoms with van der Waals surface area (Å²) in [5.74, 6) is 0.946. The van der Waals surface area contributed by atoms with Crippen LogP contribution in [0, 0.1) is 0 Å². The van der Waals surface area contributed by atoms with Crippen LogP contribution in [-0.4, -0.2) is 61.7 Å². The van der Waals surface area contributed by atoms with Gasteiger partial charge in [0.25, 0.3) is 0 Å². The molecule has 1 aliphatic heterocycles. The molecule has 0 aromatic rings. The van der Waals surface area contributed by atoms with E-state index in [-0.39, 0.29) is 29.5 Å². The predicted octanol–water partition coefficient (Wildman–Crippen LogP) is 2.95. The van der Waals surface area contributed by atoms with Gasteiger partial charge in [0.05, 0.1) is 0 Å². The normalized spacial score (nSPS) is 23.8. The van der Waals surface area contributed by atoms with Crippen LogP contribution in [0.2, 0.25) is 0 Å². The van der Waals surface area contributed by atoms with Crippen LogP contribution in [0.15, 0.2) is 4.99 Å². The molecule has 3 N–H and O–H groups in total. The Morgan fingerprint density at radius 3 is 2.40 bits per heavy atom. The molecule has 1 saturated carbocycles. The van der Waals surface area contributed by atoms with Crippen molar-refractivity contribution in [1.29, 1.82) is 0 Å². The van der Waals surface area contributed by atoms with Crippen LogP contribution in [0.25, 0.3) is 0 Å². The summed E-state index contributed by atoms with van der Waals surface area (Å²) in [7, 11) is 1.87. The number of guanidine groups is 1. The lowest BCUT2D eigenvalue weighted by atomic mass is 9.92. The third kappa shape index (κ3) is 8.91. The molecular formula is C19H40IN5. The maximum atomic E-state index is 4.40. The van der Waals surface area contributed by atoms with Crippen molar-refractivity contribution < 1.29 is 0 Å². The molecule has 0 spiro atoms. The fraction of sp³-hybridized carbons (Fsp3) is 0.947. The maximum absolute atomic E-state index is 4.40. The van der Waals surface area contributed by atoms with Gasteiger partial charge in [0.15, 0.2) is 5.96 Å². The van der Waals surface area contributed by atoms with Crippen molar-refractivity contribution >= 4 is 29.9 Å². The summed E-state index contributed by atoms with van der Waals surface area (Å²) in [6, 6.07) is 1.36. The van der Waals surface area contributed by atoms with E-state index in [9.17, 15) is 0 Å². The largest absolute Gasteiger partial charge is 0.355 e. The lowest BCUT2D eigenvalue weighted by Gasteiger charge is -2.40.